The molecule has 2 amide bonds. The highest BCUT2D eigenvalue weighted by molar-refractivity contribution is 6.34. The van der Waals surface area contributed by atoms with Gasteiger partial charge in [0.2, 0.25) is 0 Å². The van der Waals surface area contributed by atoms with Gasteiger partial charge >= 0.3 is 5.97 Å². The van der Waals surface area contributed by atoms with Crippen LogP contribution in [0.15, 0.2) is 78.5 Å². The molecule has 0 fully saturated rings. The SMILES string of the molecule is COC(=O)c1ccc(NC(=O)/C(=C/c2ccc(OC)cc2)NC(=O)c2ccccc2Cl)cc1. The Hall–Kier alpha value is -4.10. The van der Waals surface area contributed by atoms with E-state index in [0.29, 0.717) is 22.6 Å². The minimum atomic E-state index is -0.558. The molecule has 3 aromatic carbocycles. The Morgan fingerprint density at radius 1 is 0.879 bits per heavy atom. The summed E-state index contributed by atoms with van der Waals surface area (Å²) in [6.45, 7) is 0. The molecule has 0 atom stereocenters. The number of hydrogen-bond donors (Lipinski definition) is 2. The summed E-state index contributed by atoms with van der Waals surface area (Å²) in [6.07, 6.45) is 1.53. The number of nitrogens with one attached hydrogen (secondary N) is 2. The first-order valence-electron chi connectivity index (χ1n) is 9.82. The molecule has 0 bridgehead atoms. The Balaban J connectivity index is 1.87. The van der Waals surface area contributed by atoms with E-state index >= 15 is 0 Å². The fraction of sp³-hybridized carbons (Fsp3) is 0.0800. The summed E-state index contributed by atoms with van der Waals surface area (Å²) in [5.74, 6) is -0.919. The van der Waals surface area contributed by atoms with E-state index in [-0.39, 0.29) is 16.3 Å². The van der Waals surface area contributed by atoms with Crippen molar-refractivity contribution in [2.45, 2.75) is 0 Å². The zero-order valence-corrected chi connectivity index (χ0v) is 18.7. The van der Waals surface area contributed by atoms with Crippen molar-refractivity contribution in [3.63, 3.8) is 0 Å². The Morgan fingerprint density at radius 2 is 1.55 bits per heavy atom. The van der Waals surface area contributed by atoms with Crippen LogP contribution in [0.2, 0.25) is 5.02 Å². The fourth-order valence-electron chi connectivity index (χ4n) is 2.87. The van der Waals surface area contributed by atoms with Gasteiger partial charge in [-0.2, -0.15) is 0 Å². The van der Waals surface area contributed by atoms with Crippen molar-refractivity contribution in [2.24, 2.45) is 0 Å². The first-order chi connectivity index (χ1) is 15.9. The summed E-state index contributed by atoms with van der Waals surface area (Å²) < 4.78 is 9.82. The third-order valence-corrected chi connectivity index (χ3v) is 4.93. The van der Waals surface area contributed by atoms with Gasteiger partial charge in [0.25, 0.3) is 11.8 Å². The predicted molar refractivity (Wildman–Crippen MR) is 126 cm³/mol. The maximum Gasteiger partial charge on any atom is 0.337 e. The fourth-order valence-corrected chi connectivity index (χ4v) is 3.09. The molecule has 0 aliphatic heterocycles. The number of carbonyl (C=O) groups is 3. The smallest absolute Gasteiger partial charge is 0.337 e. The van der Waals surface area contributed by atoms with Crippen LogP contribution < -0.4 is 15.4 Å². The van der Waals surface area contributed by atoms with Crippen LogP contribution in [0.4, 0.5) is 5.69 Å². The van der Waals surface area contributed by atoms with Crippen LogP contribution in [0.1, 0.15) is 26.3 Å². The largest absolute Gasteiger partial charge is 0.497 e. The molecule has 0 aromatic heterocycles. The van der Waals surface area contributed by atoms with Crippen molar-refractivity contribution in [1.29, 1.82) is 0 Å². The third-order valence-electron chi connectivity index (χ3n) is 4.60. The van der Waals surface area contributed by atoms with Crippen molar-refractivity contribution in [3.05, 3.63) is 100 Å². The molecular weight excluding hydrogens is 444 g/mol. The minimum Gasteiger partial charge on any atom is -0.497 e. The molecule has 0 unspecified atom stereocenters. The Labute approximate surface area is 196 Å². The highest BCUT2D eigenvalue weighted by atomic mass is 35.5. The number of hydrogen-bond acceptors (Lipinski definition) is 5. The number of methoxy groups -OCH3 is 2. The van der Waals surface area contributed by atoms with E-state index in [1.54, 1.807) is 67.8 Å². The van der Waals surface area contributed by atoms with E-state index in [9.17, 15) is 14.4 Å². The lowest BCUT2D eigenvalue weighted by Crippen LogP contribution is -2.31. The quantitative estimate of drug-likeness (QED) is 0.395. The number of amides is 2. The first kappa shape index (κ1) is 23.6. The Bertz CT molecular complexity index is 1190. The molecule has 3 aromatic rings. The maximum atomic E-state index is 13.0. The molecule has 2 N–H and O–H groups in total. The van der Waals surface area contributed by atoms with E-state index in [1.807, 2.05) is 0 Å². The van der Waals surface area contributed by atoms with E-state index in [4.69, 9.17) is 16.3 Å². The van der Waals surface area contributed by atoms with Crippen LogP contribution in [0.5, 0.6) is 5.75 Å². The highest BCUT2D eigenvalue weighted by Gasteiger charge is 2.17. The van der Waals surface area contributed by atoms with Gasteiger partial charge in [-0.3, -0.25) is 9.59 Å². The minimum absolute atomic E-state index is 0.00197. The highest BCUT2D eigenvalue weighted by Crippen LogP contribution is 2.18. The van der Waals surface area contributed by atoms with Gasteiger partial charge in [0.1, 0.15) is 11.4 Å². The molecular formula is C25H21ClN2O5. The lowest BCUT2D eigenvalue weighted by Gasteiger charge is -2.12. The zero-order valence-electron chi connectivity index (χ0n) is 17.9. The summed E-state index contributed by atoms with van der Waals surface area (Å²) in [5, 5.41) is 5.60. The van der Waals surface area contributed by atoms with Gasteiger partial charge in [-0.1, -0.05) is 35.9 Å². The van der Waals surface area contributed by atoms with Crippen LogP contribution in [-0.4, -0.2) is 32.0 Å². The molecule has 8 heteroatoms. The average Bonchev–Trinajstić information content (AvgIpc) is 2.84. The van der Waals surface area contributed by atoms with Gasteiger partial charge in [-0.15, -0.1) is 0 Å². The van der Waals surface area contributed by atoms with E-state index < -0.39 is 17.8 Å². The van der Waals surface area contributed by atoms with Crippen molar-refractivity contribution >= 4 is 41.1 Å². The van der Waals surface area contributed by atoms with Gasteiger partial charge < -0.3 is 20.1 Å². The maximum absolute atomic E-state index is 13.0. The molecule has 0 radical (unpaired) electrons. The van der Waals surface area contributed by atoms with Gasteiger partial charge in [-0.05, 0) is 60.2 Å². The van der Waals surface area contributed by atoms with Crippen LogP contribution in [0.25, 0.3) is 6.08 Å². The van der Waals surface area contributed by atoms with Crippen molar-refractivity contribution in [1.82, 2.24) is 5.32 Å². The zero-order chi connectivity index (χ0) is 23.8. The molecule has 0 saturated carbocycles. The van der Waals surface area contributed by atoms with Gasteiger partial charge in [0.05, 0.1) is 30.4 Å². The lowest BCUT2D eigenvalue weighted by atomic mass is 10.1. The second kappa shape index (κ2) is 11.0. The Kier molecular flexibility index (Phi) is 7.83. The normalized spacial score (nSPS) is 10.8. The number of halogens is 1. The number of anilines is 1. The molecule has 0 aliphatic rings. The van der Waals surface area contributed by atoms with Crippen molar-refractivity contribution in [2.75, 3.05) is 19.5 Å². The van der Waals surface area contributed by atoms with E-state index in [1.165, 1.54) is 25.3 Å². The lowest BCUT2D eigenvalue weighted by molar-refractivity contribution is -0.113. The van der Waals surface area contributed by atoms with E-state index in [0.717, 1.165) is 0 Å². The molecule has 0 aliphatic carbocycles. The second-order valence-corrected chi connectivity index (χ2v) is 7.20. The number of ether oxygens (including phenoxy) is 2. The summed E-state index contributed by atoms with van der Waals surface area (Å²) in [5.41, 5.74) is 1.68. The second-order valence-electron chi connectivity index (χ2n) is 6.79. The van der Waals surface area contributed by atoms with Crippen LogP contribution in [-0.2, 0) is 9.53 Å². The van der Waals surface area contributed by atoms with Crippen LogP contribution >= 0.6 is 11.6 Å². The van der Waals surface area contributed by atoms with Crippen molar-refractivity contribution in [3.8, 4) is 5.75 Å². The van der Waals surface area contributed by atoms with Crippen LogP contribution in [0.3, 0.4) is 0 Å². The standard InChI is InChI=1S/C25H21ClN2O5/c1-32-19-13-7-16(8-14-19)15-22(28-23(29)20-5-3-4-6-21(20)26)24(30)27-18-11-9-17(10-12-18)25(31)33-2/h3-15H,1-2H3,(H,27,30)(H,28,29)/b22-15-. The van der Waals surface area contributed by atoms with Gasteiger partial charge in [0.15, 0.2) is 0 Å². The summed E-state index contributed by atoms with van der Waals surface area (Å²) in [4.78, 5) is 37.4. The third kappa shape index (κ3) is 6.21. The molecule has 0 saturated heterocycles. The molecule has 33 heavy (non-hydrogen) atoms. The topological polar surface area (TPSA) is 93.7 Å². The van der Waals surface area contributed by atoms with E-state index in [2.05, 4.69) is 15.4 Å². The predicted octanol–water partition coefficient (Wildman–Crippen LogP) is 4.54. The van der Waals surface area contributed by atoms with Crippen molar-refractivity contribution < 1.29 is 23.9 Å². The average molecular weight is 465 g/mol. The number of carbonyl (C=O) groups excluding carboxylic acids is 3. The molecule has 3 rings (SSSR count). The monoisotopic (exact) mass is 464 g/mol. The molecule has 168 valence electrons. The Morgan fingerprint density at radius 3 is 2.15 bits per heavy atom. The van der Waals surface area contributed by atoms with Crippen LogP contribution in [0, 0.1) is 0 Å². The molecule has 7 nitrogen and oxygen atoms in total. The van der Waals surface area contributed by atoms with Gasteiger partial charge in [0, 0.05) is 5.69 Å². The summed E-state index contributed by atoms with van der Waals surface area (Å²) in [6, 6.07) is 19.7. The summed E-state index contributed by atoms with van der Waals surface area (Å²) in [7, 11) is 2.84. The molecule has 0 heterocycles. The first-order valence-corrected chi connectivity index (χ1v) is 10.2. The number of rotatable bonds is 7. The summed E-state index contributed by atoms with van der Waals surface area (Å²) >= 11 is 6.13. The number of esters is 1. The van der Waals surface area contributed by atoms with Gasteiger partial charge in [-0.25, -0.2) is 4.79 Å². The number of benzene rings is 3. The molecule has 0 spiro atoms.